The van der Waals surface area contributed by atoms with Gasteiger partial charge in [0.2, 0.25) is 5.82 Å². The monoisotopic (exact) mass is 390 g/mol. The highest BCUT2D eigenvalue weighted by Crippen LogP contribution is 2.31. The van der Waals surface area contributed by atoms with E-state index in [4.69, 9.17) is 11.6 Å². The molecule has 1 amide bonds. The summed E-state index contributed by atoms with van der Waals surface area (Å²) >= 11 is 5.76. The van der Waals surface area contributed by atoms with Crippen LogP contribution >= 0.6 is 11.6 Å². The summed E-state index contributed by atoms with van der Waals surface area (Å²) in [6, 6.07) is 6.20. The Labute approximate surface area is 150 Å². The number of hydrogen-bond donors (Lipinski definition) is 0. The minimum absolute atomic E-state index is 0.0704. The fourth-order valence-corrected chi connectivity index (χ4v) is 2.91. The van der Waals surface area contributed by atoms with E-state index < -0.39 is 34.8 Å². The van der Waals surface area contributed by atoms with E-state index in [2.05, 4.69) is 0 Å². The molecule has 2 aromatic rings. The third kappa shape index (κ3) is 3.21. The second kappa shape index (κ2) is 7.11. The molecule has 9 heteroatoms. The van der Waals surface area contributed by atoms with Crippen LogP contribution in [-0.4, -0.2) is 37.0 Å². The maximum atomic E-state index is 13.9. The molecule has 0 atom stereocenters. The van der Waals surface area contributed by atoms with Crippen molar-refractivity contribution in [2.45, 2.75) is 0 Å². The smallest absolute Gasteiger partial charge is 0.253 e. The van der Waals surface area contributed by atoms with E-state index in [1.54, 1.807) is 24.3 Å². The van der Waals surface area contributed by atoms with Crippen molar-refractivity contribution in [2.75, 3.05) is 31.1 Å². The van der Waals surface area contributed by atoms with E-state index in [1.165, 1.54) is 4.90 Å². The average molecular weight is 391 g/mol. The lowest BCUT2D eigenvalue weighted by molar-refractivity contribution is 0.0746. The van der Waals surface area contributed by atoms with Gasteiger partial charge in [0.25, 0.3) is 5.91 Å². The maximum Gasteiger partial charge on any atom is 0.253 e. The van der Waals surface area contributed by atoms with Crippen molar-refractivity contribution in [3.05, 3.63) is 63.9 Å². The van der Waals surface area contributed by atoms with Gasteiger partial charge in [0.1, 0.15) is 5.69 Å². The normalized spacial score (nSPS) is 14.7. The number of piperazine rings is 1. The van der Waals surface area contributed by atoms with Crippen LogP contribution in [0.4, 0.5) is 27.6 Å². The van der Waals surface area contributed by atoms with Crippen LogP contribution < -0.4 is 4.90 Å². The van der Waals surface area contributed by atoms with E-state index in [0.717, 1.165) is 4.90 Å². The molecule has 0 bridgehead atoms. The summed E-state index contributed by atoms with van der Waals surface area (Å²) in [6.45, 7) is -0.00271. The van der Waals surface area contributed by atoms with Crippen LogP contribution in [0.2, 0.25) is 5.02 Å². The van der Waals surface area contributed by atoms with Gasteiger partial charge in [0, 0.05) is 36.8 Å². The van der Waals surface area contributed by atoms with Crippen molar-refractivity contribution < 1.29 is 26.7 Å². The number of hydrogen-bond acceptors (Lipinski definition) is 2. The molecule has 1 fully saturated rings. The molecule has 0 aromatic heterocycles. The third-order valence-electron chi connectivity index (χ3n) is 4.16. The Morgan fingerprint density at radius 3 is 1.73 bits per heavy atom. The SMILES string of the molecule is O=C(c1ccc(Cl)cc1)N1CCN(c2c(F)c(F)c(F)c(F)c2F)CC1. The van der Waals surface area contributed by atoms with Crippen LogP contribution in [-0.2, 0) is 0 Å². The topological polar surface area (TPSA) is 23.6 Å². The Bertz CT molecular complexity index is 822. The zero-order valence-corrected chi connectivity index (χ0v) is 14.0. The third-order valence-corrected chi connectivity index (χ3v) is 4.41. The van der Waals surface area contributed by atoms with Gasteiger partial charge in [-0.25, -0.2) is 22.0 Å². The van der Waals surface area contributed by atoms with Crippen molar-refractivity contribution in [1.29, 1.82) is 0 Å². The summed E-state index contributed by atoms with van der Waals surface area (Å²) in [5.74, 6) is -10.2. The van der Waals surface area contributed by atoms with Gasteiger partial charge in [-0.05, 0) is 24.3 Å². The molecule has 26 heavy (non-hydrogen) atoms. The van der Waals surface area contributed by atoms with Gasteiger partial charge in [-0.3, -0.25) is 4.79 Å². The first-order valence-corrected chi connectivity index (χ1v) is 8.00. The van der Waals surface area contributed by atoms with Crippen molar-refractivity contribution in [3.8, 4) is 0 Å². The van der Waals surface area contributed by atoms with E-state index >= 15 is 0 Å². The molecule has 1 heterocycles. The lowest BCUT2D eigenvalue weighted by atomic mass is 10.1. The highest BCUT2D eigenvalue weighted by molar-refractivity contribution is 6.30. The fraction of sp³-hybridized carbons (Fsp3) is 0.235. The standard InChI is InChI=1S/C17H12ClF5N2O/c18-10-3-1-9(2-4-10)17(26)25-7-5-24(6-8-25)16-14(22)12(20)11(19)13(21)15(16)23/h1-4H,5-8H2. The van der Waals surface area contributed by atoms with Crippen LogP contribution in [0, 0.1) is 29.1 Å². The predicted molar refractivity (Wildman–Crippen MR) is 85.8 cm³/mol. The van der Waals surface area contributed by atoms with Crippen LogP contribution in [0.25, 0.3) is 0 Å². The van der Waals surface area contributed by atoms with E-state index in [9.17, 15) is 26.7 Å². The second-order valence-electron chi connectivity index (χ2n) is 5.70. The molecule has 138 valence electrons. The van der Waals surface area contributed by atoms with Gasteiger partial charge in [-0.2, -0.15) is 0 Å². The van der Waals surface area contributed by atoms with Crippen LogP contribution in [0.1, 0.15) is 10.4 Å². The number of benzene rings is 2. The molecule has 0 radical (unpaired) electrons. The number of amides is 1. The molecule has 3 rings (SSSR count). The van der Waals surface area contributed by atoms with E-state index in [-0.39, 0.29) is 32.1 Å². The highest BCUT2D eigenvalue weighted by atomic mass is 35.5. The lowest BCUT2D eigenvalue weighted by Gasteiger charge is -2.36. The fourth-order valence-electron chi connectivity index (χ4n) is 2.78. The number of anilines is 1. The quantitative estimate of drug-likeness (QED) is 0.439. The number of rotatable bonds is 2. The van der Waals surface area contributed by atoms with Crippen molar-refractivity contribution in [2.24, 2.45) is 0 Å². The number of nitrogens with zero attached hydrogens (tertiary/aromatic N) is 2. The summed E-state index contributed by atoms with van der Waals surface area (Å²) in [6.07, 6.45) is 0. The van der Waals surface area contributed by atoms with Gasteiger partial charge in [-0.1, -0.05) is 11.6 Å². The first-order valence-electron chi connectivity index (χ1n) is 7.62. The predicted octanol–water partition coefficient (Wildman–Crippen LogP) is 4.00. The Kier molecular flexibility index (Phi) is 5.04. The molecule has 1 aliphatic heterocycles. The summed E-state index contributed by atoms with van der Waals surface area (Å²) in [5.41, 5.74) is -0.584. The van der Waals surface area contributed by atoms with Gasteiger partial charge in [0.15, 0.2) is 23.3 Å². The van der Waals surface area contributed by atoms with Crippen LogP contribution in [0.15, 0.2) is 24.3 Å². The first-order chi connectivity index (χ1) is 12.3. The van der Waals surface area contributed by atoms with Crippen LogP contribution in [0.3, 0.4) is 0 Å². The molecule has 0 spiro atoms. The Balaban J connectivity index is 1.77. The molecule has 3 nitrogen and oxygen atoms in total. The molecule has 1 saturated heterocycles. The first kappa shape index (κ1) is 18.4. The number of carbonyl (C=O) groups is 1. The minimum atomic E-state index is -2.19. The molecule has 1 aliphatic rings. The number of carbonyl (C=O) groups excluding carboxylic acids is 1. The Morgan fingerprint density at radius 2 is 1.23 bits per heavy atom. The van der Waals surface area contributed by atoms with Gasteiger partial charge >= 0.3 is 0 Å². The van der Waals surface area contributed by atoms with Crippen molar-refractivity contribution in [1.82, 2.24) is 4.90 Å². The van der Waals surface area contributed by atoms with Crippen LogP contribution in [0.5, 0.6) is 0 Å². The van der Waals surface area contributed by atoms with Gasteiger partial charge in [0.05, 0.1) is 0 Å². The molecular weight excluding hydrogens is 379 g/mol. The van der Waals surface area contributed by atoms with E-state index in [1.807, 2.05) is 0 Å². The molecule has 2 aromatic carbocycles. The molecule has 0 unspecified atom stereocenters. The Morgan fingerprint density at radius 1 is 0.769 bits per heavy atom. The van der Waals surface area contributed by atoms with Gasteiger partial charge < -0.3 is 9.80 Å². The zero-order chi connectivity index (χ0) is 19.0. The summed E-state index contributed by atoms with van der Waals surface area (Å²) in [5, 5.41) is 0.470. The summed E-state index contributed by atoms with van der Waals surface area (Å²) in [7, 11) is 0. The summed E-state index contributed by atoms with van der Waals surface area (Å²) < 4.78 is 67.6. The molecule has 0 N–H and O–H groups in total. The summed E-state index contributed by atoms with van der Waals surface area (Å²) in [4.78, 5) is 14.9. The zero-order valence-electron chi connectivity index (χ0n) is 13.2. The van der Waals surface area contributed by atoms with Gasteiger partial charge in [-0.15, -0.1) is 0 Å². The second-order valence-corrected chi connectivity index (χ2v) is 6.14. The molecule has 0 saturated carbocycles. The van der Waals surface area contributed by atoms with E-state index in [0.29, 0.717) is 10.6 Å². The highest BCUT2D eigenvalue weighted by Gasteiger charge is 2.31. The van der Waals surface area contributed by atoms with Crippen molar-refractivity contribution in [3.63, 3.8) is 0 Å². The lowest BCUT2D eigenvalue weighted by Crippen LogP contribution is -2.49. The number of halogens is 6. The Hall–Kier alpha value is -2.35. The van der Waals surface area contributed by atoms with Crippen molar-refractivity contribution >= 4 is 23.2 Å². The average Bonchev–Trinajstić information content (AvgIpc) is 2.65. The largest absolute Gasteiger partial charge is 0.363 e. The maximum absolute atomic E-state index is 13.9. The molecular formula is C17H12ClF5N2O. The minimum Gasteiger partial charge on any atom is -0.363 e. The molecule has 0 aliphatic carbocycles.